The third-order valence-electron chi connectivity index (χ3n) is 3.68. The maximum atomic E-state index is 5.74. The fraction of sp³-hybridized carbons (Fsp3) is 0.294. The number of benzene rings is 2. The molecular weight excluding hydrogens is 328 g/mol. The van der Waals surface area contributed by atoms with Crippen LogP contribution in [0, 0.1) is 6.92 Å². The molecule has 0 aliphatic heterocycles. The van der Waals surface area contributed by atoms with E-state index >= 15 is 0 Å². The van der Waals surface area contributed by atoms with Crippen LogP contribution in [0.25, 0.3) is 0 Å². The number of hydrazine groups is 1. The van der Waals surface area contributed by atoms with E-state index in [1.807, 2.05) is 12.1 Å². The molecule has 0 aliphatic carbocycles. The Bertz CT molecular complexity index is 584. The average Bonchev–Trinajstić information content (AvgIpc) is 2.52. The second-order valence-electron chi connectivity index (χ2n) is 5.08. The van der Waals surface area contributed by atoms with E-state index in [-0.39, 0.29) is 6.04 Å². The van der Waals surface area contributed by atoms with Crippen molar-refractivity contribution in [1.82, 2.24) is 5.43 Å². The molecule has 0 heterocycles. The highest BCUT2D eigenvalue weighted by molar-refractivity contribution is 9.10. The van der Waals surface area contributed by atoms with Crippen LogP contribution in [0.5, 0.6) is 5.75 Å². The number of nitrogens with two attached hydrogens (primary N) is 1. The topological polar surface area (TPSA) is 47.3 Å². The minimum atomic E-state index is 0.126. The Balaban J connectivity index is 2.06. The first-order valence-electron chi connectivity index (χ1n) is 6.99. The average molecular weight is 349 g/mol. The van der Waals surface area contributed by atoms with Crippen molar-refractivity contribution in [3.63, 3.8) is 0 Å². The van der Waals surface area contributed by atoms with Crippen molar-refractivity contribution in [1.29, 1.82) is 0 Å². The Morgan fingerprint density at radius 2 is 1.90 bits per heavy atom. The molecule has 2 rings (SSSR count). The zero-order valence-corrected chi connectivity index (χ0v) is 14.0. The standard InChI is InChI=1S/C17H21BrN2O/c1-12-4-3-5-15(17(12)18)16(20-19)11-8-13-6-9-14(21-2)10-7-13/h3-7,9-10,16,20H,8,11,19H2,1-2H3. The Morgan fingerprint density at radius 3 is 2.52 bits per heavy atom. The minimum absolute atomic E-state index is 0.126. The van der Waals surface area contributed by atoms with Gasteiger partial charge in [0.15, 0.2) is 0 Å². The van der Waals surface area contributed by atoms with E-state index in [0.717, 1.165) is 23.1 Å². The van der Waals surface area contributed by atoms with Gasteiger partial charge in [-0.25, -0.2) is 0 Å². The molecule has 112 valence electrons. The van der Waals surface area contributed by atoms with Gasteiger partial charge in [-0.1, -0.05) is 46.3 Å². The normalized spacial score (nSPS) is 12.2. The number of hydrogen-bond acceptors (Lipinski definition) is 3. The number of halogens is 1. The molecule has 1 unspecified atom stereocenters. The Hall–Kier alpha value is -1.36. The van der Waals surface area contributed by atoms with E-state index in [4.69, 9.17) is 10.6 Å². The molecule has 2 aromatic carbocycles. The number of rotatable bonds is 6. The fourth-order valence-electron chi connectivity index (χ4n) is 2.37. The SMILES string of the molecule is COc1ccc(CCC(NN)c2cccc(C)c2Br)cc1. The summed E-state index contributed by atoms with van der Waals surface area (Å²) in [6.07, 6.45) is 1.89. The molecule has 0 saturated carbocycles. The molecule has 0 radical (unpaired) electrons. The van der Waals surface area contributed by atoms with Gasteiger partial charge in [0.05, 0.1) is 7.11 Å². The molecule has 0 spiro atoms. The highest BCUT2D eigenvalue weighted by Gasteiger charge is 2.14. The van der Waals surface area contributed by atoms with E-state index in [1.165, 1.54) is 16.7 Å². The zero-order valence-electron chi connectivity index (χ0n) is 12.4. The summed E-state index contributed by atoms with van der Waals surface area (Å²) >= 11 is 3.65. The van der Waals surface area contributed by atoms with Crippen molar-refractivity contribution in [2.75, 3.05) is 7.11 Å². The molecule has 21 heavy (non-hydrogen) atoms. The van der Waals surface area contributed by atoms with E-state index < -0.39 is 0 Å². The Kier molecular flexibility index (Phi) is 5.79. The van der Waals surface area contributed by atoms with Crippen LogP contribution in [-0.2, 0) is 6.42 Å². The van der Waals surface area contributed by atoms with Crippen LogP contribution >= 0.6 is 15.9 Å². The second-order valence-corrected chi connectivity index (χ2v) is 5.88. The summed E-state index contributed by atoms with van der Waals surface area (Å²) in [7, 11) is 1.68. The van der Waals surface area contributed by atoms with E-state index in [9.17, 15) is 0 Å². The smallest absolute Gasteiger partial charge is 0.118 e. The summed E-state index contributed by atoms with van der Waals surface area (Å²) in [6, 6.07) is 14.6. The first kappa shape index (κ1) is 16.0. The van der Waals surface area contributed by atoms with Gasteiger partial charge in [0.25, 0.3) is 0 Å². The monoisotopic (exact) mass is 348 g/mol. The predicted molar refractivity (Wildman–Crippen MR) is 90.3 cm³/mol. The molecule has 3 nitrogen and oxygen atoms in total. The van der Waals surface area contributed by atoms with Crippen LogP contribution in [-0.4, -0.2) is 7.11 Å². The lowest BCUT2D eigenvalue weighted by molar-refractivity contribution is 0.414. The van der Waals surface area contributed by atoms with Crippen LogP contribution in [0.3, 0.4) is 0 Å². The molecule has 0 fully saturated rings. The highest BCUT2D eigenvalue weighted by atomic mass is 79.9. The molecule has 1 atom stereocenters. The zero-order chi connectivity index (χ0) is 15.2. The van der Waals surface area contributed by atoms with Gasteiger partial charge >= 0.3 is 0 Å². The molecule has 4 heteroatoms. The molecule has 0 aromatic heterocycles. The number of methoxy groups -OCH3 is 1. The molecule has 3 N–H and O–H groups in total. The summed E-state index contributed by atoms with van der Waals surface area (Å²) in [5.74, 6) is 6.63. The second kappa shape index (κ2) is 7.59. The molecule has 0 saturated heterocycles. The summed E-state index contributed by atoms with van der Waals surface area (Å²) in [5, 5.41) is 0. The highest BCUT2D eigenvalue weighted by Crippen LogP contribution is 2.29. The molecule has 0 amide bonds. The number of nitrogens with one attached hydrogen (secondary N) is 1. The summed E-state index contributed by atoms with van der Waals surface area (Å²) in [4.78, 5) is 0. The van der Waals surface area contributed by atoms with Crippen molar-refractivity contribution in [3.8, 4) is 5.75 Å². The maximum Gasteiger partial charge on any atom is 0.118 e. The number of hydrogen-bond donors (Lipinski definition) is 2. The van der Waals surface area contributed by atoms with Crippen LogP contribution in [0.1, 0.15) is 29.2 Å². The first-order valence-corrected chi connectivity index (χ1v) is 7.79. The quantitative estimate of drug-likeness (QED) is 0.614. The minimum Gasteiger partial charge on any atom is -0.497 e. The van der Waals surface area contributed by atoms with E-state index in [1.54, 1.807) is 7.11 Å². The van der Waals surface area contributed by atoms with Crippen molar-refractivity contribution < 1.29 is 4.74 Å². The molecule has 0 bridgehead atoms. The van der Waals surface area contributed by atoms with Crippen molar-refractivity contribution in [2.45, 2.75) is 25.8 Å². The summed E-state index contributed by atoms with van der Waals surface area (Å²) in [6.45, 7) is 2.09. The molecular formula is C17H21BrN2O. The van der Waals surface area contributed by atoms with Gasteiger partial charge in [0.1, 0.15) is 5.75 Å². The van der Waals surface area contributed by atoms with Gasteiger partial charge in [0, 0.05) is 10.5 Å². The van der Waals surface area contributed by atoms with Crippen LogP contribution < -0.4 is 16.0 Å². The van der Waals surface area contributed by atoms with Crippen molar-refractivity contribution in [3.05, 3.63) is 63.6 Å². The predicted octanol–water partition coefficient (Wildman–Crippen LogP) is 3.90. The summed E-state index contributed by atoms with van der Waals surface area (Å²) < 4.78 is 6.30. The Labute approximate surface area is 134 Å². The fourth-order valence-corrected chi connectivity index (χ4v) is 2.91. The van der Waals surface area contributed by atoms with Gasteiger partial charge in [0.2, 0.25) is 0 Å². The van der Waals surface area contributed by atoms with Gasteiger partial charge in [-0.2, -0.15) is 0 Å². The maximum absolute atomic E-state index is 5.74. The van der Waals surface area contributed by atoms with Crippen LogP contribution in [0.4, 0.5) is 0 Å². The number of aryl methyl sites for hydroxylation is 2. The van der Waals surface area contributed by atoms with Crippen LogP contribution in [0.15, 0.2) is 46.9 Å². The largest absolute Gasteiger partial charge is 0.497 e. The van der Waals surface area contributed by atoms with Crippen molar-refractivity contribution >= 4 is 15.9 Å². The lowest BCUT2D eigenvalue weighted by Crippen LogP contribution is -2.28. The molecule has 2 aromatic rings. The van der Waals surface area contributed by atoms with Gasteiger partial charge < -0.3 is 4.74 Å². The third-order valence-corrected chi connectivity index (χ3v) is 4.76. The summed E-state index contributed by atoms with van der Waals surface area (Å²) in [5.41, 5.74) is 6.62. The first-order chi connectivity index (χ1) is 10.2. The van der Waals surface area contributed by atoms with Gasteiger partial charge in [-0.3, -0.25) is 11.3 Å². The van der Waals surface area contributed by atoms with Crippen LogP contribution in [0.2, 0.25) is 0 Å². The van der Waals surface area contributed by atoms with E-state index in [2.05, 4.69) is 58.6 Å². The van der Waals surface area contributed by atoms with Gasteiger partial charge in [-0.15, -0.1) is 0 Å². The molecule has 0 aliphatic rings. The lowest BCUT2D eigenvalue weighted by Gasteiger charge is -2.19. The van der Waals surface area contributed by atoms with E-state index in [0.29, 0.717) is 0 Å². The Morgan fingerprint density at radius 1 is 1.19 bits per heavy atom. The number of ether oxygens (including phenoxy) is 1. The van der Waals surface area contributed by atoms with Gasteiger partial charge in [-0.05, 0) is 48.6 Å². The lowest BCUT2D eigenvalue weighted by atomic mass is 9.98. The van der Waals surface area contributed by atoms with Crippen molar-refractivity contribution in [2.24, 2.45) is 5.84 Å². The third kappa shape index (κ3) is 4.06.